The van der Waals surface area contributed by atoms with E-state index in [4.69, 9.17) is 0 Å². The van der Waals surface area contributed by atoms with E-state index < -0.39 is 15.8 Å². The van der Waals surface area contributed by atoms with Crippen LogP contribution in [-0.2, 0) is 14.8 Å². The van der Waals surface area contributed by atoms with Crippen molar-refractivity contribution in [2.24, 2.45) is 0 Å². The highest BCUT2D eigenvalue weighted by molar-refractivity contribution is 7.89. The summed E-state index contributed by atoms with van der Waals surface area (Å²) in [5, 5.41) is 3.20. The molecule has 0 aromatic heterocycles. The Bertz CT molecular complexity index is 930. The van der Waals surface area contributed by atoms with Crippen LogP contribution in [0.5, 0.6) is 0 Å². The van der Waals surface area contributed by atoms with Crippen molar-refractivity contribution >= 4 is 15.9 Å². The van der Waals surface area contributed by atoms with E-state index in [1.807, 2.05) is 37.3 Å². The number of carbonyl (C=O) groups excluding carboxylic acids is 1. The van der Waals surface area contributed by atoms with E-state index in [0.29, 0.717) is 13.1 Å². The van der Waals surface area contributed by atoms with Gasteiger partial charge in [-0.25, -0.2) is 12.8 Å². The molecule has 8 heteroatoms. The largest absolute Gasteiger partial charge is 0.340 e. The fourth-order valence-corrected chi connectivity index (χ4v) is 5.08. The third kappa shape index (κ3) is 5.65. The Morgan fingerprint density at radius 1 is 1.10 bits per heavy atom. The zero-order chi connectivity index (χ0) is 21.6. The van der Waals surface area contributed by atoms with Gasteiger partial charge in [0, 0.05) is 45.7 Å². The summed E-state index contributed by atoms with van der Waals surface area (Å²) >= 11 is 0. The molecule has 1 saturated heterocycles. The maximum Gasteiger partial charge on any atom is 0.243 e. The van der Waals surface area contributed by atoms with Crippen LogP contribution in [0.15, 0.2) is 59.5 Å². The summed E-state index contributed by atoms with van der Waals surface area (Å²) in [7, 11) is -3.86. The lowest BCUT2D eigenvalue weighted by Crippen LogP contribution is -2.47. The fourth-order valence-electron chi connectivity index (χ4n) is 3.55. The number of nitrogens with zero attached hydrogens (tertiary/aromatic N) is 2. The van der Waals surface area contributed by atoms with E-state index in [1.165, 1.54) is 16.4 Å². The predicted molar refractivity (Wildman–Crippen MR) is 114 cm³/mol. The van der Waals surface area contributed by atoms with Crippen LogP contribution < -0.4 is 5.32 Å². The normalized spacial score (nSPS) is 15.9. The van der Waals surface area contributed by atoms with Crippen LogP contribution in [0.2, 0.25) is 0 Å². The molecule has 0 aliphatic carbocycles. The summed E-state index contributed by atoms with van der Waals surface area (Å²) in [5.41, 5.74) is 1.02. The third-order valence-electron chi connectivity index (χ3n) is 5.34. The van der Waals surface area contributed by atoms with Crippen molar-refractivity contribution < 1.29 is 17.6 Å². The highest BCUT2D eigenvalue weighted by Crippen LogP contribution is 2.22. The van der Waals surface area contributed by atoms with Crippen LogP contribution in [0, 0.1) is 5.82 Å². The molecular formula is C22H28FN3O3S. The molecule has 0 unspecified atom stereocenters. The fraction of sp³-hybridized carbons (Fsp3) is 0.409. The minimum Gasteiger partial charge on any atom is -0.340 e. The van der Waals surface area contributed by atoms with Gasteiger partial charge in [-0.3, -0.25) is 4.79 Å². The molecule has 0 spiro atoms. The standard InChI is InChI=1S/C22H28FN3O3S/c1-18(19-5-3-2-4-6-19)17-26(14-11-22(27)25-15-12-24-13-16-25)30(28,29)21-9-7-20(23)8-10-21/h2-10,18,24H,11-17H2,1H3/t18-/m1/s1. The maximum atomic E-state index is 13.3. The molecule has 1 fully saturated rings. The summed E-state index contributed by atoms with van der Waals surface area (Å²) in [6.45, 7) is 5.02. The maximum absolute atomic E-state index is 13.3. The summed E-state index contributed by atoms with van der Waals surface area (Å²) in [5.74, 6) is -0.606. The predicted octanol–water partition coefficient (Wildman–Crippen LogP) is 2.44. The number of piperazine rings is 1. The van der Waals surface area contributed by atoms with E-state index in [1.54, 1.807) is 4.90 Å². The van der Waals surface area contributed by atoms with Gasteiger partial charge < -0.3 is 10.2 Å². The van der Waals surface area contributed by atoms with Gasteiger partial charge in [-0.2, -0.15) is 4.31 Å². The lowest BCUT2D eigenvalue weighted by molar-refractivity contribution is -0.131. The summed E-state index contributed by atoms with van der Waals surface area (Å²) < 4.78 is 41.2. The molecule has 1 N–H and O–H groups in total. The first-order valence-electron chi connectivity index (χ1n) is 10.2. The molecular weight excluding hydrogens is 405 g/mol. The zero-order valence-electron chi connectivity index (χ0n) is 17.1. The first-order chi connectivity index (χ1) is 14.4. The number of benzene rings is 2. The number of halogens is 1. The Balaban J connectivity index is 1.78. The van der Waals surface area contributed by atoms with Crippen molar-refractivity contribution in [3.05, 3.63) is 66.0 Å². The number of carbonyl (C=O) groups is 1. The van der Waals surface area contributed by atoms with Crippen LogP contribution in [0.1, 0.15) is 24.8 Å². The molecule has 1 heterocycles. The molecule has 0 radical (unpaired) electrons. The molecule has 6 nitrogen and oxygen atoms in total. The SMILES string of the molecule is C[C@H](CN(CCC(=O)N1CCNCC1)S(=O)(=O)c1ccc(F)cc1)c1ccccc1. The molecule has 0 bridgehead atoms. The van der Waals surface area contributed by atoms with E-state index in [9.17, 15) is 17.6 Å². The summed E-state index contributed by atoms with van der Waals surface area (Å²) in [4.78, 5) is 14.4. The van der Waals surface area contributed by atoms with Crippen molar-refractivity contribution in [3.8, 4) is 0 Å². The first-order valence-corrected chi connectivity index (χ1v) is 11.6. The van der Waals surface area contributed by atoms with Crippen molar-refractivity contribution in [2.75, 3.05) is 39.3 Å². The molecule has 2 aromatic rings. The second-order valence-corrected chi connectivity index (χ2v) is 9.45. The topological polar surface area (TPSA) is 69.7 Å². The van der Waals surface area contributed by atoms with Crippen LogP contribution in [0.4, 0.5) is 4.39 Å². The second-order valence-electron chi connectivity index (χ2n) is 7.51. The lowest BCUT2D eigenvalue weighted by Gasteiger charge is -2.29. The minimum atomic E-state index is -3.86. The average Bonchev–Trinajstić information content (AvgIpc) is 2.77. The van der Waals surface area contributed by atoms with Gasteiger partial charge in [0.15, 0.2) is 0 Å². The highest BCUT2D eigenvalue weighted by Gasteiger charge is 2.28. The third-order valence-corrected chi connectivity index (χ3v) is 7.22. The van der Waals surface area contributed by atoms with E-state index >= 15 is 0 Å². The molecule has 1 aliphatic rings. The van der Waals surface area contributed by atoms with Gasteiger partial charge in [0.05, 0.1) is 4.90 Å². The summed E-state index contributed by atoms with van der Waals surface area (Å²) in [6, 6.07) is 14.5. The molecule has 162 valence electrons. The van der Waals surface area contributed by atoms with Gasteiger partial charge >= 0.3 is 0 Å². The van der Waals surface area contributed by atoms with Crippen LogP contribution in [0.25, 0.3) is 0 Å². The Morgan fingerprint density at radius 2 is 1.73 bits per heavy atom. The van der Waals surface area contributed by atoms with Crippen molar-refractivity contribution in [3.63, 3.8) is 0 Å². The number of hydrogen-bond acceptors (Lipinski definition) is 4. The summed E-state index contributed by atoms with van der Waals surface area (Å²) in [6.07, 6.45) is 0.113. The Morgan fingerprint density at radius 3 is 2.37 bits per heavy atom. The van der Waals surface area contributed by atoms with Gasteiger partial charge in [0.25, 0.3) is 0 Å². The van der Waals surface area contributed by atoms with Gasteiger partial charge in [0.2, 0.25) is 15.9 Å². The van der Waals surface area contributed by atoms with Crippen molar-refractivity contribution in [1.29, 1.82) is 0 Å². The van der Waals surface area contributed by atoms with Crippen LogP contribution in [-0.4, -0.2) is 62.8 Å². The smallest absolute Gasteiger partial charge is 0.243 e. The zero-order valence-corrected chi connectivity index (χ0v) is 17.9. The van der Waals surface area contributed by atoms with Gasteiger partial charge in [-0.15, -0.1) is 0 Å². The number of hydrogen-bond donors (Lipinski definition) is 1. The first kappa shape index (κ1) is 22.4. The van der Waals surface area contributed by atoms with E-state index in [0.717, 1.165) is 30.8 Å². The number of amides is 1. The van der Waals surface area contributed by atoms with Crippen molar-refractivity contribution in [2.45, 2.75) is 24.2 Å². The molecule has 1 aliphatic heterocycles. The van der Waals surface area contributed by atoms with Gasteiger partial charge in [-0.1, -0.05) is 37.3 Å². The number of rotatable bonds is 8. The molecule has 30 heavy (non-hydrogen) atoms. The lowest BCUT2D eigenvalue weighted by atomic mass is 10.0. The Labute approximate surface area is 177 Å². The quantitative estimate of drug-likeness (QED) is 0.694. The van der Waals surface area contributed by atoms with E-state index in [2.05, 4.69) is 5.32 Å². The van der Waals surface area contributed by atoms with Crippen molar-refractivity contribution in [1.82, 2.24) is 14.5 Å². The monoisotopic (exact) mass is 433 g/mol. The molecule has 1 amide bonds. The second kappa shape index (κ2) is 10.1. The highest BCUT2D eigenvalue weighted by atomic mass is 32.2. The minimum absolute atomic E-state index is 0.0267. The molecule has 2 aromatic carbocycles. The number of nitrogens with one attached hydrogen (secondary N) is 1. The molecule has 1 atom stereocenters. The van der Waals surface area contributed by atoms with Gasteiger partial charge in [-0.05, 0) is 35.7 Å². The molecule has 0 saturated carbocycles. The van der Waals surface area contributed by atoms with Crippen LogP contribution >= 0.6 is 0 Å². The van der Waals surface area contributed by atoms with Crippen LogP contribution in [0.3, 0.4) is 0 Å². The Kier molecular flexibility index (Phi) is 7.58. The van der Waals surface area contributed by atoms with E-state index in [-0.39, 0.29) is 36.2 Å². The number of sulfonamides is 1. The Hall–Kier alpha value is -2.29. The average molecular weight is 434 g/mol. The van der Waals surface area contributed by atoms with Gasteiger partial charge in [0.1, 0.15) is 5.82 Å². The molecule has 3 rings (SSSR count).